The number of imidazole rings is 1. The fourth-order valence-corrected chi connectivity index (χ4v) is 4.81. The van der Waals surface area contributed by atoms with Crippen LogP contribution >= 0.6 is 0 Å². The Hall–Kier alpha value is -3.87. The molecule has 2 aromatic heterocycles. The molecule has 226 valence electrons. The van der Waals surface area contributed by atoms with Crippen molar-refractivity contribution in [3.63, 3.8) is 0 Å². The molecule has 1 aliphatic rings. The summed E-state index contributed by atoms with van der Waals surface area (Å²) in [6.45, 7) is 13.1. The maximum Gasteiger partial charge on any atom is 0.167 e. The molecule has 0 aliphatic carbocycles. The van der Waals surface area contributed by atoms with Gasteiger partial charge in [0, 0.05) is 36.8 Å². The molecule has 1 aromatic carbocycles. The first-order valence-corrected chi connectivity index (χ1v) is 13.9. The number of carbonyl (C=O) groups is 1. The molecule has 3 N–H and O–H groups in total. The van der Waals surface area contributed by atoms with E-state index in [0.717, 1.165) is 44.8 Å². The van der Waals surface area contributed by atoms with Crippen LogP contribution in [0, 0.1) is 19.7 Å². The molecule has 3 heterocycles. The summed E-state index contributed by atoms with van der Waals surface area (Å²) in [5, 5.41) is 8.72. The molecule has 1 aliphatic heterocycles. The van der Waals surface area contributed by atoms with Gasteiger partial charge in [0.1, 0.15) is 17.0 Å². The van der Waals surface area contributed by atoms with E-state index in [1.54, 1.807) is 26.0 Å². The fourth-order valence-electron chi connectivity index (χ4n) is 4.81. The van der Waals surface area contributed by atoms with E-state index < -0.39 is 11.6 Å². The van der Waals surface area contributed by atoms with Crippen LogP contribution in [0.4, 0.5) is 14.6 Å². The maximum absolute atomic E-state index is 15.0. The third-order valence-electron chi connectivity index (χ3n) is 6.92. The van der Waals surface area contributed by atoms with E-state index in [-0.39, 0.29) is 28.6 Å². The van der Waals surface area contributed by atoms with E-state index in [1.807, 2.05) is 18.4 Å². The molecule has 3 aromatic rings. The number of nitrogens with two attached hydrogens (primary N) is 1. The average Bonchev–Trinajstić information content (AvgIpc) is 3.16. The minimum Gasteiger partial charge on any atom is -0.395 e. The predicted octanol–water partition coefficient (Wildman–Crippen LogP) is 4.22. The Kier molecular flexibility index (Phi) is 12.0. The minimum absolute atomic E-state index is 0.0279. The van der Waals surface area contributed by atoms with Crippen molar-refractivity contribution in [3.05, 3.63) is 58.6 Å². The van der Waals surface area contributed by atoms with Crippen molar-refractivity contribution in [1.82, 2.24) is 24.3 Å². The van der Waals surface area contributed by atoms with Crippen molar-refractivity contribution >= 4 is 41.4 Å². The van der Waals surface area contributed by atoms with E-state index in [2.05, 4.69) is 36.8 Å². The summed E-state index contributed by atoms with van der Waals surface area (Å²) in [5.41, 5.74) is 7.04. The fraction of sp³-hybridized carbons (Fsp3) is 0.433. The van der Waals surface area contributed by atoms with Crippen LogP contribution in [0.3, 0.4) is 0 Å². The van der Waals surface area contributed by atoms with Gasteiger partial charge in [-0.05, 0) is 78.5 Å². The number of β-amino-alcohol motifs (C(OH)–C–C–N with tert-alkyl or cyclic N) is 1. The summed E-state index contributed by atoms with van der Waals surface area (Å²) in [6, 6.07) is 5.84. The second kappa shape index (κ2) is 15.4. The number of aryl methyl sites for hydroxylation is 2. The highest BCUT2D eigenvalue weighted by Crippen LogP contribution is 2.29. The second-order valence-corrected chi connectivity index (χ2v) is 10.4. The molecular formula is C30H40F2N8O2. The molecule has 12 heteroatoms. The molecule has 0 radical (unpaired) electrons. The number of carbonyl (C=O) groups excluding carboxylic acids is 1. The summed E-state index contributed by atoms with van der Waals surface area (Å²) in [7, 11) is 2.16. The van der Waals surface area contributed by atoms with Gasteiger partial charge in [0.05, 0.1) is 30.4 Å². The summed E-state index contributed by atoms with van der Waals surface area (Å²) in [4.78, 5) is 31.9. The van der Waals surface area contributed by atoms with E-state index in [4.69, 9.17) is 10.8 Å². The van der Waals surface area contributed by atoms with Gasteiger partial charge in [-0.25, -0.2) is 28.7 Å². The number of hydrogen-bond acceptors (Lipinski definition) is 8. The first-order chi connectivity index (χ1) is 20.1. The quantitative estimate of drug-likeness (QED) is 0.231. The van der Waals surface area contributed by atoms with Gasteiger partial charge in [0.15, 0.2) is 23.7 Å². The Labute approximate surface area is 245 Å². The number of benzene rings is 1. The van der Waals surface area contributed by atoms with Crippen LogP contribution < -0.4 is 5.73 Å². The largest absolute Gasteiger partial charge is 0.395 e. The summed E-state index contributed by atoms with van der Waals surface area (Å²) in [6.07, 6.45) is 3.77. The van der Waals surface area contributed by atoms with Crippen LogP contribution in [0.2, 0.25) is 0 Å². The maximum atomic E-state index is 15.0. The van der Waals surface area contributed by atoms with Gasteiger partial charge in [-0.15, -0.1) is 0 Å². The number of rotatable bonds is 8. The highest BCUT2D eigenvalue weighted by atomic mass is 19.1. The highest BCUT2D eigenvalue weighted by Gasteiger charge is 2.18. The number of aliphatic hydroxyl groups is 1. The van der Waals surface area contributed by atoms with Gasteiger partial charge < -0.3 is 20.3 Å². The van der Waals surface area contributed by atoms with Crippen molar-refractivity contribution in [2.45, 2.75) is 40.2 Å². The molecule has 0 amide bonds. The van der Waals surface area contributed by atoms with Gasteiger partial charge in [0.2, 0.25) is 0 Å². The standard InChI is InChI=1S/C22H22F2N6O.C8H18N2O/c1-12(2)30-14(4)29-22-17(23)7-16(8-19(22)30)21(27-11-25)18(24)9-26-20-6-5-15(10-31)13(3)28-20;1-9-3-2-4-10(6-5-9)7-8-11/h5-12H,1-4H3,(H2,25,27);11H,2-8H2,1H3/b21-18+,26-9?;. The lowest BCUT2D eigenvalue weighted by molar-refractivity contribution is 0.112. The van der Waals surface area contributed by atoms with E-state index in [1.165, 1.54) is 19.0 Å². The molecule has 0 atom stereocenters. The number of fused-ring (bicyclic) bond motifs is 1. The van der Waals surface area contributed by atoms with Crippen LogP contribution in [0.1, 0.15) is 53.7 Å². The van der Waals surface area contributed by atoms with E-state index in [9.17, 15) is 9.18 Å². The highest BCUT2D eigenvalue weighted by molar-refractivity contribution is 5.93. The monoisotopic (exact) mass is 582 g/mol. The number of aliphatic hydroxyl groups excluding tert-OH is 1. The number of pyridine rings is 1. The zero-order chi connectivity index (χ0) is 30.8. The van der Waals surface area contributed by atoms with Gasteiger partial charge in [-0.1, -0.05) is 0 Å². The molecule has 42 heavy (non-hydrogen) atoms. The van der Waals surface area contributed by atoms with Crippen LogP contribution in [0.15, 0.2) is 40.1 Å². The third kappa shape index (κ3) is 8.34. The van der Waals surface area contributed by atoms with Crippen molar-refractivity contribution in [2.24, 2.45) is 15.7 Å². The molecule has 0 saturated carbocycles. The summed E-state index contributed by atoms with van der Waals surface area (Å²) >= 11 is 0. The number of nitrogens with zero attached hydrogens (tertiary/aromatic N) is 7. The zero-order valence-corrected chi connectivity index (χ0v) is 24.9. The second-order valence-electron chi connectivity index (χ2n) is 10.4. The first kappa shape index (κ1) is 32.6. The molecule has 0 bridgehead atoms. The van der Waals surface area contributed by atoms with Crippen LogP contribution in [-0.2, 0) is 0 Å². The van der Waals surface area contributed by atoms with Gasteiger partial charge >= 0.3 is 0 Å². The van der Waals surface area contributed by atoms with Gasteiger partial charge in [0.25, 0.3) is 0 Å². The summed E-state index contributed by atoms with van der Waals surface area (Å²) < 4.78 is 31.6. The molecule has 1 fully saturated rings. The molecule has 4 rings (SSSR count). The van der Waals surface area contributed by atoms with Crippen LogP contribution in [0.25, 0.3) is 16.7 Å². The van der Waals surface area contributed by atoms with Crippen molar-refractivity contribution in [3.8, 4) is 0 Å². The molecule has 0 spiro atoms. The number of aliphatic imine (C=N–C) groups is 2. The lowest BCUT2D eigenvalue weighted by Gasteiger charge is -2.18. The minimum atomic E-state index is -0.827. The van der Waals surface area contributed by atoms with Crippen LogP contribution in [-0.4, -0.2) is 94.7 Å². The number of aromatic nitrogens is 3. The van der Waals surface area contributed by atoms with Gasteiger partial charge in [-0.3, -0.25) is 9.69 Å². The smallest absolute Gasteiger partial charge is 0.167 e. The van der Waals surface area contributed by atoms with Crippen molar-refractivity contribution in [2.75, 3.05) is 46.4 Å². The van der Waals surface area contributed by atoms with E-state index in [0.29, 0.717) is 35.5 Å². The molecule has 1 saturated heterocycles. The Morgan fingerprint density at radius 3 is 2.57 bits per heavy atom. The number of aldehydes is 1. The Morgan fingerprint density at radius 1 is 1.17 bits per heavy atom. The zero-order valence-electron chi connectivity index (χ0n) is 24.9. The number of hydrogen-bond donors (Lipinski definition) is 2. The Bertz CT molecular complexity index is 1470. The Morgan fingerprint density at radius 2 is 1.93 bits per heavy atom. The SMILES string of the molecule is CN1CCCN(CCO)CC1.Cc1nc(N=C/C(F)=C(\N=CN)c2cc(F)c3nc(C)n(C(C)C)c3c2)ccc1C=O. The van der Waals surface area contributed by atoms with Crippen molar-refractivity contribution in [1.29, 1.82) is 0 Å². The van der Waals surface area contributed by atoms with Crippen LogP contribution in [0.5, 0.6) is 0 Å². The molecular weight excluding hydrogens is 542 g/mol. The van der Waals surface area contributed by atoms with E-state index >= 15 is 4.39 Å². The average molecular weight is 583 g/mol. The lowest BCUT2D eigenvalue weighted by atomic mass is 10.1. The molecule has 10 nitrogen and oxygen atoms in total. The number of allylic oxidation sites excluding steroid dienone is 1. The number of halogens is 2. The van der Waals surface area contributed by atoms with Crippen molar-refractivity contribution < 1.29 is 18.7 Å². The van der Waals surface area contributed by atoms with Gasteiger partial charge in [-0.2, -0.15) is 0 Å². The normalized spacial score (nSPS) is 15.7. The topological polar surface area (TPSA) is 125 Å². The first-order valence-electron chi connectivity index (χ1n) is 13.9. The number of likely N-dealkylation sites (N-methyl/N-ethyl adjacent to an activating group) is 1. The summed E-state index contributed by atoms with van der Waals surface area (Å²) in [5.74, 6) is -0.557. The Balaban J connectivity index is 0.000000369. The predicted molar refractivity (Wildman–Crippen MR) is 164 cm³/mol. The molecule has 0 unspecified atom stereocenters. The third-order valence-corrected chi connectivity index (χ3v) is 6.92. The lowest BCUT2D eigenvalue weighted by Crippen LogP contribution is -2.31.